The third-order valence-electron chi connectivity index (χ3n) is 5.25. The van der Waals surface area contributed by atoms with Crippen LogP contribution in [0, 0.1) is 0 Å². The van der Waals surface area contributed by atoms with Gasteiger partial charge in [0.1, 0.15) is 23.5 Å². The van der Waals surface area contributed by atoms with E-state index in [9.17, 15) is 5.11 Å². The molecule has 5 aromatic rings. The van der Waals surface area contributed by atoms with Crippen molar-refractivity contribution in [2.75, 3.05) is 5.32 Å². The summed E-state index contributed by atoms with van der Waals surface area (Å²) in [6, 6.07) is 24.0. The van der Waals surface area contributed by atoms with E-state index >= 15 is 0 Å². The van der Waals surface area contributed by atoms with Gasteiger partial charge in [-0.2, -0.15) is 0 Å². The van der Waals surface area contributed by atoms with Gasteiger partial charge >= 0.3 is 0 Å². The van der Waals surface area contributed by atoms with Crippen LogP contribution in [-0.4, -0.2) is 20.1 Å². The second-order valence-electron chi connectivity index (χ2n) is 7.15. The normalized spacial score (nSPS) is 12.3. The molecule has 29 heavy (non-hydrogen) atoms. The Morgan fingerprint density at radius 2 is 1.69 bits per heavy atom. The van der Waals surface area contributed by atoms with Crippen LogP contribution in [0.15, 0.2) is 79.1 Å². The molecule has 0 fully saturated rings. The Balaban J connectivity index is 1.52. The van der Waals surface area contributed by atoms with Gasteiger partial charge in [-0.1, -0.05) is 42.5 Å². The third kappa shape index (κ3) is 3.17. The number of benzene rings is 3. The van der Waals surface area contributed by atoms with Crippen molar-refractivity contribution in [2.45, 2.75) is 13.0 Å². The van der Waals surface area contributed by atoms with Gasteiger partial charge in [-0.25, -0.2) is 9.97 Å². The fourth-order valence-corrected chi connectivity index (χ4v) is 3.76. The van der Waals surface area contributed by atoms with Gasteiger partial charge in [0.05, 0.1) is 11.4 Å². The number of aromatic nitrogens is 3. The number of hydrogen-bond acceptors (Lipinski definition) is 4. The maximum absolute atomic E-state index is 9.53. The van der Waals surface area contributed by atoms with Gasteiger partial charge < -0.3 is 15.4 Å². The topological polar surface area (TPSA) is 73.8 Å². The van der Waals surface area contributed by atoms with Crippen LogP contribution in [0.25, 0.3) is 33.1 Å². The van der Waals surface area contributed by atoms with E-state index in [4.69, 9.17) is 0 Å². The average molecular weight is 380 g/mol. The zero-order valence-corrected chi connectivity index (χ0v) is 15.9. The predicted molar refractivity (Wildman–Crippen MR) is 117 cm³/mol. The van der Waals surface area contributed by atoms with Gasteiger partial charge in [0.2, 0.25) is 0 Å². The Labute approximate surface area is 168 Å². The van der Waals surface area contributed by atoms with E-state index in [2.05, 4.69) is 69.7 Å². The summed E-state index contributed by atoms with van der Waals surface area (Å²) in [6.07, 6.45) is 1.57. The standard InChI is InChI=1S/C24H20N4O/c1-15(19-8-4-6-16-5-2-3-7-20(16)19)27-23-21-13-22(28-24(21)26-14-25-23)17-9-11-18(29)12-10-17/h2-15,29H,1H3,(H2,25,26,27,28)/t15-/m0/s1. The summed E-state index contributed by atoms with van der Waals surface area (Å²) in [5.74, 6) is 1.03. The van der Waals surface area contributed by atoms with Crippen LogP contribution >= 0.6 is 0 Å². The van der Waals surface area contributed by atoms with Crippen LogP contribution in [0.2, 0.25) is 0 Å². The van der Waals surface area contributed by atoms with E-state index in [0.29, 0.717) is 0 Å². The molecule has 5 heteroatoms. The van der Waals surface area contributed by atoms with Crippen LogP contribution in [0.1, 0.15) is 18.5 Å². The van der Waals surface area contributed by atoms with E-state index in [1.165, 1.54) is 16.3 Å². The first-order chi connectivity index (χ1) is 14.2. The van der Waals surface area contributed by atoms with Crippen molar-refractivity contribution in [1.82, 2.24) is 15.0 Å². The number of hydrogen-bond donors (Lipinski definition) is 3. The van der Waals surface area contributed by atoms with Crippen LogP contribution in [0.3, 0.4) is 0 Å². The van der Waals surface area contributed by atoms with E-state index in [-0.39, 0.29) is 11.8 Å². The maximum Gasteiger partial charge on any atom is 0.143 e. The molecule has 5 nitrogen and oxygen atoms in total. The summed E-state index contributed by atoms with van der Waals surface area (Å²) < 4.78 is 0. The smallest absolute Gasteiger partial charge is 0.143 e. The Morgan fingerprint density at radius 1 is 0.897 bits per heavy atom. The molecule has 0 aliphatic heterocycles. The van der Waals surface area contributed by atoms with Gasteiger partial charge in [0.25, 0.3) is 0 Å². The second-order valence-corrected chi connectivity index (χ2v) is 7.15. The molecule has 1 atom stereocenters. The summed E-state index contributed by atoms with van der Waals surface area (Å²) >= 11 is 0. The van der Waals surface area contributed by atoms with Gasteiger partial charge in [-0.15, -0.1) is 0 Å². The SMILES string of the molecule is C[C@H](Nc1ncnc2[nH]c(-c3ccc(O)cc3)cc12)c1cccc2ccccc12. The molecule has 3 N–H and O–H groups in total. The number of phenols is 1. The maximum atomic E-state index is 9.53. The van der Waals surface area contributed by atoms with Crippen molar-refractivity contribution in [3.05, 3.63) is 84.7 Å². The van der Waals surface area contributed by atoms with E-state index < -0.39 is 0 Å². The molecule has 0 saturated heterocycles. The molecular weight excluding hydrogens is 360 g/mol. The fraction of sp³-hybridized carbons (Fsp3) is 0.0833. The number of fused-ring (bicyclic) bond motifs is 2. The Morgan fingerprint density at radius 3 is 2.55 bits per heavy atom. The average Bonchev–Trinajstić information content (AvgIpc) is 3.19. The van der Waals surface area contributed by atoms with Crippen LogP contribution < -0.4 is 5.32 Å². The summed E-state index contributed by atoms with van der Waals surface area (Å²) in [4.78, 5) is 12.2. The number of anilines is 1. The highest BCUT2D eigenvalue weighted by Crippen LogP contribution is 2.31. The van der Waals surface area contributed by atoms with Crippen LogP contribution in [0.5, 0.6) is 5.75 Å². The molecule has 5 rings (SSSR count). The molecule has 2 heterocycles. The van der Waals surface area contributed by atoms with Gasteiger partial charge in [0, 0.05) is 5.69 Å². The highest BCUT2D eigenvalue weighted by Gasteiger charge is 2.14. The second kappa shape index (κ2) is 6.95. The molecule has 0 saturated carbocycles. The Bertz CT molecular complexity index is 1300. The molecular formula is C24H20N4O. The van der Waals surface area contributed by atoms with E-state index in [1.807, 2.05) is 18.2 Å². The van der Waals surface area contributed by atoms with Gasteiger partial charge in [0.15, 0.2) is 0 Å². The minimum Gasteiger partial charge on any atom is -0.508 e. The lowest BCUT2D eigenvalue weighted by atomic mass is 9.99. The van der Waals surface area contributed by atoms with Crippen molar-refractivity contribution in [3.8, 4) is 17.0 Å². The van der Waals surface area contributed by atoms with Gasteiger partial charge in [-0.05, 0) is 59.2 Å². The molecule has 0 aliphatic carbocycles. The molecule has 2 aromatic heterocycles. The number of nitrogens with zero attached hydrogens (tertiary/aromatic N) is 2. The molecule has 0 radical (unpaired) electrons. The largest absolute Gasteiger partial charge is 0.508 e. The fourth-order valence-electron chi connectivity index (χ4n) is 3.76. The summed E-state index contributed by atoms with van der Waals surface area (Å²) in [6.45, 7) is 2.14. The molecule has 0 amide bonds. The molecule has 0 spiro atoms. The predicted octanol–water partition coefficient (Wildman–Crippen LogP) is 5.66. The summed E-state index contributed by atoms with van der Waals surface area (Å²) in [5.41, 5.74) is 3.91. The number of aromatic amines is 1. The highest BCUT2D eigenvalue weighted by molar-refractivity contribution is 5.92. The van der Waals surface area contributed by atoms with Crippen LogP contribution in [0.4, 0.5) is 5.82 Å². The molecule has 142 valence electrons. The zero-order chi connectivity index (χ0) is 19.8. The quantitative estimate of drug-likeness (QED) is 0.376. The van der Waals surface area contributed by atoms with Crippen molar-refractivity contribution in [3.63, 3.8) is 0 Å². The number of nitrogens with one attached hydrogen (secondary N) is 2. The van der Waals surface area contributed by atoms with Crippen molar-refractivity contribution in [1.29, 1.82) is 0 Å². The first kappa shape index (κ1) is 17.3. The molecule has 3 aromatic carbocycles. The summed E-state index contributed by atoms with van der Waals surface area (Å²) in [5, 5.41) is 16.5. The minimum absolute atomic E-state index is 0.0752. The number of rotatable bonds is 4. The molecule has 0 unspecified atom stereocenters. The van der Waals surface area contributed by atoms with Gasteiger partial charge in [-0.3, -0.25) is 0 Å². The van der Waals surface area contributed by atoms with Crippen molar-refractivity contribution < 1.29 is 5.11 Å². The minimum atomic E-state index is 0.0752. The Kier molecular flexibility index (Phi) is 4.13. The monoisotopic (exact) mass is 380 g/mol. The van der Waals surface area contributed by atoms with Crippen LogP contribution in [-0.2, 0) is 0 Å². The molecule has 0 bridgehead atoms. The lowest BCUT2D eigenvalue weighted by Crippen LogP contribution is -2.08. The number of phenolic OH excluding ortho intramolecular Hbond substituents is 1. The summed E-state index contributed by atoms with van der Waals surface area (Å²) in [7, 11) is 0. The first-order valence-electron chi connectivity index (χ1n) is 9.56. The highest BCUT2D eigenvalue weighted by atomic mass is 16.3. The van der Waals surface area contributed by atoms with Crippen molar-refractivity contribution >= 4 is 27.6 Å². The number of H-pyrrole nitrogens is 1. The zero-order valence-electron chi connectivity index (χ0n) is 15.9. The molecule has 0 aliphatic rings. The van der Waals surface area contributed by atoms with E-state index in [0.717, 1.165) is 28.1 Å². The first-order valence-corrected chi connectivity index (χ1v) is 9.56. The third-order valence-corrected chi connectivity index (χ3v) is 5.25. The van der Waals surface area contributed by atoms with Crippen molar-refractivity contribution in [2.24, 2.45) is 0 Å². The number of aromatic hydroxyl groups is 1. The lowest BCUT2D eigenvalue weighted by molar-refractivity contribution is 0.475. The lowest BCUT2D eigenvalue weighted by Gasteiger charge is -2.17. The van der Waals surface area contributed by atoms with E-state index in [1.54, 1.807) is 18.5 Å². The Hall–Kier alpha value is -3.86.